The van der Waals surface area contributed by atoms with Gasteiger partial charge in [-0.05, 0) is 0 Å². The lowest BCUT2D eigenvalue weighted by molar-refractivity contribution is -0.150. The molecule has 0 saturated carbocycles. The molecule has 1 heterocycles. The number of hydrogen-bond acceptors (Lipinski definition) is 6. The number of nitrogens with one attached hydrogen (secondary N) is 1. The standard InChI is InChI=1S/C14H16N2O4S/c1-20-14(19)11(17)7-15-12(18)10-8-21-13(16-10)9-5-3-2-4-6-9/h2-6,10-11,17H,7-8H2,1H3,(H,15,18). The number of esters is 1. The maximum absolute atomic E-state index is 11.9. The normalized spacial score (nSPS) is 18.8. The molecular formula is C14H16N2O4S. The summed E-state index contributed by atoms with van der Waals surface area (Å²) in [5.74, 6) is -0.536. The van der Waals surface area contributed by atoms with Crippen LogP contribution in [0.25, 0.3) is 0 Å². The van der Waals surface area contributed by atoms with Crippen LogP contribution in [0.4, 0.5) is 0 Å². The minimum atomic E-state index is -1.36. The highest BCUT2D eigenvalue weighted by molar-refractivity contribution is 8.14. The number of methoxy groups -OCH3 is 1. The van der Waals surface area contributed by atoms with Crippen molar-refractivity contribution >= 4 is 28.7 Å². The molecule has 1 aromatic carbocycles. The maximum atomic E-state index is 11.9. The van der Waals surface area contributed by atoms with Crippen LogP contribution >= 0.6 is 11.8 Å². The van der Waals surface area contributed by atoms with Crippen molar-refractivity contribution in [2.45, 2.75) is 12.1 Å². The Hall–Kier alpha value is -1.86. The zero-order valence-corrected chi connectivity index (χ0v) is 12.3. The van der Waals surface area contributed by atoms with E-state index in [2.05, 4.69) is 15.0 Å². The summed E-state index contributed by atoms with van der Waals surface area (Å²) in [6.07, 6.45) is -1.36. The average molecular weight is 308 g/mol. The van der Waals surface area contributed by atoms with Crippen LogP contribution in [0.1, 0.15) is 5.56 Å². The highest BCUT2D eigenvalue weighted by atomic mass is 32.2. The summed E-state index contributed by atoms with van der Waals surface area (Å²) in [4.78, 5) is 27.3. The first kappa shape index (κ1) is 15.5. The minimum absolute atomic E-state index is 0.178. The number of hydrogen-bond donors (Lipinski definition) is 2. The molecule has 2 unspecified atom stereocenters. The van der Waals surface area contributed by atoms with Gasteiger partial charge in [-0.15, -0.1) is 11.8 Å². The van der Waals surface area contributed by atoms with E-state index in [1.165, 1.54) is 18.9 Å². The fourth-order valence-corrected chi connectivity index (χ4v) is 2.83. The maximum Gasteiger partial charge on any atom is 0.336 e. The summed E-state index contributed by atoms with van der Waals surface area (Å²) in [6.45, 7) is -0.178. The Kier molecular flexibility index (Phi) is 5.35. The lowest BCUT2D eigenvalue weighted by Gasteiger charge is -2.11. The molecule has 2 rings (SSSR count). The monoisotopic (exact) mass is 308 g/mol. The van der Waals surface area contributed by atoms with Crippen LogP contribution in [0.2, 0.25) is 0 Å². The molecule has 2 atom stereocenters. The molecule has 2 N–H and O–H groups in total. The van der Waals surface area contributed by atoms with E-state index in [1.54, 1.807) is 0 Å². The van der Waals surface area contributed by atoms with Gasteiger partial charge in [0, 0.05) is 11.3 Å². The number of ether oxygens (including phenoxy) is 1. The highest BCUT2D eigenvalue weighted by Crippen LogP contribution is 2.23. The first-order chi connectivity index (χ1) is 10.1. The van der Waals surface area contributed by atoms with Crippen LogP contribution in [0.15, 0.2) is 35.3 Å². The smallest absolute Gasteiger partial charge is 0.336 e. The van der Waals surface area contributed by atoms with Gasteiger partial charge in [0.05, 0.1) is 18.7 Å². The molecule has 7 heteroatoms. The fraction of sp³-hybridized carbons (Fsp3) is 0.357. The number of nitrogens with zero attached hydrogens (tertiary/aromatic N) is 1. The van der Waals surface area contributed by atoms with Gasteiger partial charge in [-0.3, -0.25) is 9.79 Å². The van der Waals surface area contributed by atoms with Crippen molar-refractivity contribution in [1.29, 1.82) is 0 Å². The molecule has 1 aliphatic rings. The van der Waals surface area contributed by atoms with Gasteiger partial charge in [-0.25, -0.2) is 4.79 Å². The van der Waals surface area contributed by atoms with Gasteiger partial charge >= 0.3 is 5.97 Å². The molecule has 0 fully saturated rings. The Balaban J connectivity index is 1.90. The van der Waals surface area contributed by atoms with Gasteiger partial charge in [0.2, 0.25) is 5.91 Å². The predicted octanol–water partition coefficient (Wildman–Crippen LogP) is 0.199. The SMILES string of the molecule is COC(=O)C(O)CNC(=O)C1CSC(c2ccccc2)=N1. The first-order valence-electron chi connectivity index (χ1n) is 6.41. The molecule has 21 heavy (non-hydrogen) atoms. The fourth-order valence-electron chi connectivity index (χ4n) is 1.78. The molecular weight excluding hydrogens is 292 g/mol. The third kappa shape index (κ3) is 4.05. The molecule has 0 aliphatic carbocycles. The third-order valence-electron chi connectivity index (χ3n) is 2.92. The third-order valence-corrected chi connectivity index (χ3v) is 4.01. The van der Waals surface area contributed by atoms with Gasteiger partial charge in [0.1, 0.15) is 6.04 Å². The molecule has 1 aromatic rings. The second-order valence-electron chi connectivity index (χ2n) is 4.41. The number of amides is 1. The van der Waals surface area contributed by atoms with Crippen molar-refractivity contribution in [1.82, 2.24) is 5.32 Å². The molecule has 1 amide bonds. The van der Waals surface area contributed by atoms with Gasteiger partial charge in [0.15, 0.2) is 6.10 Å². The highest BCUT2D eigenvalue weighted by Gasteiger charge is 2.26. The number of carbonyl (C=O) groups is 2. The van der Waals surface area contributed by atoms with E-state index >= 15 is 0 Å². The summed E-state index contributed by atoms with van der Waals surface area (Å²) >= 11 is 1.51. The van der Waals surface area contributed by atoms with Gasteiger partial charge in [0.25, 0.3) is 0 Å². The van der Waals surface area contributed by atoms with E-state index < -0.39 is 18.1 Å². The number of thioether (sulfide) groups is 1. The Morgan fingerprint density at radius 1 is 1.48 bits per heavy atom. The molecule has 0 saturated heterocycles. The summed E-state index contributed by atoms with van der Waals surface area (Å²) in [7, 11) is 1.18. The van der Waals surface area contributed by atoms with E-state index in [9.17, 15) is 14.7 Å². The Morgan fingerprint density at radius 2 is 2.19 bits per heavy atom. The van der Waals surface area contributed by atoms with Gasteiger partial charge in [-0.1, -0.05) is 30.3 Å². The zero-order valence-electron chi connectivity index (χ0n) is 11.5. The lowest BCUT2D eigenvalue weighted by atomic mass is 10.2. The topological polar surface area (TPSA) is 88.0 Å². The van der Waals surface area contributed by atoms with E-state index in [1.807, 2.05) is 30.3 Å². The first-order valence-corrected chi connectivity index (χ1v) is 7.40. The lowest BCUT2D eigenvalue weighted by Crippen LogP contribution is -2.41. The summed E-state index contributed by atoms with van der Waals surface area (Å²) in [5.41, 5.74) is 0.979. The van der Waals surface area contributed by atoms with Crippen LogP contribution in [0.3, 0.4) is 0 Å². The van der Waals surface area contributed by atoms with Crippen LogP contribution in [0.5, 0.6) is 0 Å². The quantitative estimate of drug-likeness (QED) is 0.759. The number of rotatable bonds is 5. The number of aliphatic hydroxyl groups is 1. The van der Waals surface area contributed by atoms with Crippen LogP contribution < -0.4 is 5.32 Å². The minimum Gasteiger partial charge on any atom is -0.467 e. The van der Waals surface area contributed by atoms with Crippen molar-refractivity contribution in [3.63, 3.8) is 0 Å². The average Bonchev–Trinajstić information content (AvgIpc) is 3.02. The van der Waals surface area contributed by atoms with Crippen LogP contribution in [-0.4, -0.2) is 53.6 Å². The second-order valence-corrected chi connectivity index (χ2v) is 5.42. The zero-order chi connectivity index (χ0) is 15.2. The molecule has 0 aromatic heterocycles. The predicted molar refractivity (Wildman–Crippen MR) is 80.3 cm³/mol. The second kappa shape index (κ2) is 7.24. The Labute approximate surface area is 126 Å². The van der Waals surface area contributed by atoms with Crippen molar-refractivity contribution in [3.05, 3.63) is 35.9 Å². The summed E-state index contributed by atoms with van der Waals surface area (Å²) in [5, 5.41) is 12.7. The number of aliphatic imine (C=N–C) groups is 1. The Bertz CT molecular complexity index is 547. The molecule has 0 radical (unpaired) electrons. The number of benzene rings is 1. The molecule has 0 bridgehead atoms. The van der Waals surface area contributed by atoms with Crippen molar-refractivity contribution in [2.75, 3.05) is 19.4 Å². The van der Waals surface area contributed by atoms with E-state index in [0.717, 1.165) is 10.6 Å². The molecule has 112 valence electrons. The summed E-state index contributed by atoms with van der Waals surface area (Å²) < 4.78 is 4.37. The molecule has 0 spiro atoms. The van der Waals surface area contributed by atoms with Gasteiger partial charge < -0.3 is 15.2 Å². The summed E-state index contributed by atoms with van der Waals surface area (Å²) in [6, 6.07) is 9.12. The van der Waals surface area contributed by atoms with Crippen molar-refractivity contribution < 1.29 is 19.4 Å². The van der Waals surface area contributed by atoms with Crippen molar-refractivity contribution in [2.24, 2.45) is 4.99 Å². The van der Waals surface area contributed by atoms with E-state index in [4.69, 9.17) is 0 Å². The van der Waals surface area contributed by atoms with E-state index in [-0.39, 0.29) is 12.5 Å². The van der Waals surface area contributed by atoms with Crippen molar-refractivity contribution in [3.8, 4) is 0 Å². The number of carbonyl (C=O) groups excluding carboxylic acids is 2. The van der Waals surface area contributed by atoms with Gasteiger partial charge in [-0.2, -0.15) is 0 Å². The number of aliphatic hydroxyl groups excluding tert-OH is 1. The largest absolute Gasteiger partial charge is 0.467 e. The molecule has 6 nitrogen and oxygen atoms in total. The van der Waals surface area contributed by atoms with Crippen LogP contribution in [-0.2, 0) is 14.3 Å². The Morgan fingerprint density at radius 3 is 2.86 bits per heavy atom. The molecule has 1 aliphatic heterocycles. The van der Waals surface area contributed by atoms with Crippen LogP contribution in [0, 0.1) is 0 Å². The van der Waals surface area contributed by atoms with E-state index in [0.29, 0.717) is 5.75 Å².